The Kier molecular flexibility index (Phi) is 7.43. The molecule has 4 aromatic carbocycles. The van der Waals surface area contributed by atoms with Gasteiger partial charge in [0.1, 0.15) is 0 Å². The minimum atomic E-state index is 0.186. The van der Waals surface area contributed by atoms with Gasteiger partial charge in [0.15, 0.2) is 0 Å². The van der Waals surface area contributed by atoms with Crippen LogP contribution in [0, 0.1) is 19.8 Å². The average molecular weight is 559 g/mol. The Bertz CT molecular complexity index is 1770. The van der Waals surface area contributed by atoms with Gasteiger partial charge in [0.25, 0.3) is 0 Å². The monoisotopic (exact) mass is 558 g/mol. The molecule has 0 heterocycles. The molecule has 3 aliphatic carbocycles. The highest BCUT2D eigenvalue weighted by molar-refractivity contribution is 5.78. The summed E-state index contributed by atoms with van der Waals surface area (Å²) in [5.74, 6) is 0.270. The highest BCUT2D eigenvalue weighted by Gasteiger charge is 2.42. The van der Waals surface area contributed by atoms with Crippen molar-refractivity contribution in [3.05, 3.63) is 179 Å². The molecule has 0 fully saturated rings. The molecule has 7 rings (SSSR count). The molecular formula is C41H38N2. The van der Waals surface area contributed by atoms with Crippen molar-refractivity contribution >= 4 is 22.7 Å². The maximum atomic E-state index is 2.62. The van der Waals surface area contributed by atoms with Crippen molar-refractivity contribution in [1.29, 1.82) is 0 Å². The molecule has 2 unspecified atom stereocenters. The van der Waals surface area contributed by atoms with Crippen LogP contribution in [0.1, 0.15) is 30.4 Å². The minimum Gasteiger partial charge on any atom is -0.334 e. The Balaban J connectivity index is 1.51. The molecule has 0 aliphatic heterocycles. The third-order valence-electron chi connectivity index (χ3n) is 8.88. The van der Waals surface area contributed by atoms with Gasteiger partial charge in [-0.05, 0) is 109 Å². The first kappa shape index (κ1) is 27.0. The lowest BCUT2D eigenvalue weighted by Crippen LogP contribution is -2.44. The average Bonchev–Trinajstić information content (AvgIpc) is 3.30. The van der Waals surface area contributed by atoms with E-state index in [0.29, 0.717) is 0 Å². The summed E-state index contributed by atoms with van der Waals surface area (Å²) in [6.07, 6.45) is 17.1. The third kappa shape index (κ3) is 5.19. The number of para-hydroxylation sites is 2. The second kappa shape index (κ2) is 11.8. The minimum absolute atomic E-state index is 0.186. The highest BCUT2D eigenvalue weighted by atomic mass is 15.2. The number of anilines is 4. The summed E-state index contributed by atoms with van der Waals surface area (Å²) in [6.45, 7) is 4.38. The number of hydrogen-bond donors (Lipinski definition) is 0. The van der Waals surface area contributed by atoms with Gasteiger partial charge in [-0.15, -0.1) is 0 Å². The number of rotatable bonds is 6. The van der Waals surface area contributed by atoms with Crippen molar-refractivity contribution in [3.8, 4) is 0 Å². The van der Waals surface area contributed by atoms with Gasteiger partial charge in [-0.1, -0.05) is 97.1 Å². The lowest BCUT2D eigenvalue weighted by molar-refractivity contribution is 0.503. The predicted octanol–water partition coefficient (Wildman–Crippen LogP) is 10.7. The number of aryl methyl sites for hydroxylation is 2. The van der Waals surface area contributed by atoms with Gasteiger partial charge in [-0.2, -0.15) is 0 Å². The Hall–Kier alpha value is -4.82. The van der Waals surface area contributed by atoms with Crippen molar-refractivity contribution < 1.29 is 0 Å². The van der Waals surface area contributed by atoms with E-state index in [2.05, 4.69) is 169 Å². The second-order valence-electron chi connectivity index (χ2n) is 11.8. The number of fused-ring (bicyclic) bond motifs is 1. The van der Waals surface area contributed by atoms with Gasteiger partial charge < -0.3 is 9.80 Å². The molecule has 0 aromatic heterocycles. The summed E-state index contributed by atoms with van der Waals surface area (Å²) < 4.78 is 0. The van der Waals surface area contributed by atoms with E-state index < -0.39 is 0 Å². The molecule has 0 spiro atoms. The molecule has 2 heteroatoms. The lowest BCUT2D eigenvalue weighted by atomic mass is 9.71. The number of benzene rings is 4. The smallest absolute Gasteiger partial charge is 0.0633 e. The quantitative estimate of drug-likeness (QED) is 0.232. The van der Waals surface area contributed by atoms with Crippen molar-refractivity contribution in [3.63, 3.8) is 0 Å². The summed E-state index contributed by atoms with van der Waals surface area (Å²) in [5, 5.41) is 0. The van der Waals surface area contributed by atoms with E-state index in [0.717, 1.165) is 19.3 Å². The maximum Gasteiger partial charge on any atom is 0.0633 e. The molecule has 3 aliphatic rings. The van der Waals surface area contributed by atoms with E-state index in [4.69, 9.17) is 0 Å². The molecule has 43 heavy (non-hydrogen) atoms. The van der Waals surface area contributed by atoms with Crippen molar-refractivity contribution in [2.75, 3.05) is 9.80 Å². The van der Waals surface area contributed by atoms with Crippen LogP contribution in [0.2, 0.25) is 0 Å². The third-order valence-corrected chi connectivity index (χ3v) is 8.88. The van der Waals surface area contributed by atoms with Crippen LogP contribution >= 0.6 is 0 Å². The normalized spacial score (nSPS) is 19.1. The zero-order valence-electron chi connectivity index (χ0n) is 25.0. The summed E-state index contributed by atoms with van der Waals surface area (Å²) >= 11 is 0. The highest BCUT2D eigenvalue weighted by Crippen LogP contribution is 2.50. The Morgan fingerprint density at radius 1 is 0.605 bits per heavy atom. The fourth-order valence-corrected chi connectivity index (χ4v) is 7.06. The molecule has 0 N–H and O–H groups in total. The SMILES string of the molecule is Cc1cccc(N(C2=C3C=CC=CCC3C(N(c3ccccc3)c3cccc(C)c3)C3=C2C=CCC3)c2ccccc2)c1. The fourth-order valence-electron chi connectivity index (χ4n) is 7.06. The number of hydrogen-bond acceptors (Lipinski definition) is 2. The van der Waals surface area contributed by atoms with Crippen LogP contribution in [0.25, 0.3) is 0 Å². The van der Waals surface area contributed by atoms with Crippen LogP contribution in [0.4, 0.5) is 22.7 Å². The molecule has 4 aromatic rings. The van der Waals surface area contributed by atoms with Gasteiger partial charge >= 0.3 is 0 Å². The maximum absolute atomic E-state index is 2.62. The van der Waals surface area contributed by atoms with Gasteiger partial charge in [0.2, 0.25) is 0 Å². The summed E-state index contributed by atoms with van der Waals surface area (Å²) in [7, 11) is 0. The zero-order chi connectivity index (χ0) is 29.2. The zero-order valence-corrected chi connectivity index (χ0v) is 25.0. The van der Waals surface area contributed by atoms with E-state index in [1.54, 1.807) is 0 Å². The van der Waals surface area contributed by atoms with Gasteiger partial charge in [0.05, 0.1) is 11.7 Å². The Labute approximate surface area is 256 Å². The van der Waals surface area contributed by atoms with Crippen LogP contribution in [0.5, 0.6) is 0 Å². The van der Waals surface area contributed by atoms with Crippen LogP contribution in [-0.2, 0) is 0 Å². The molecule has 2 atom stereocenters. The molecular weight excluding hydrogens is 520 g/mol. The van der Waals surface area contributed by atoms with E-state index in [-0.39, 0.29) is 12.0 Å². The van der Waals surface area contributed by atoms with E-state index in [1.165, 1.54) is 56.3 Å². The number of allylic oxidation sites excluding steroid dienone is 6. The standard InChI is InChI=1S/C41H38N2/c1-30-16-14-22-34(28-30)42(32-18-6-3-7-19-32)40-36-24-10-5-11-25-37(36)41(39-27-13-12-26-38(39)40)43(33-20-8-4-9-21-33)35-23-15-17-31(2)29-35/h3-12,14-24,26,28-29,37,41H,13,25,27H2,1-2H3. The van der Waals surface area contributed by atoms with Crippen molar-refractivity contribution in [2.24, 2.45) is 5.92 Å². The molecule has 212 valence electrons. The van der Waals surface area contributed by atoms with Crippen LogP contribution in [0.3, 0.4) is 0 Å². The number of nitrogens with zero attached hydrogens (tertiary/aromatic N) is 2. The summed E-state index contributed by atoms with van der Waals surface area (Å²) in [5.41, 5.74) is 13.0. The largest absolute Gasteiger partial charge is 0.334 e. The molecule has 0 amide bonds. The van der Waals surface area contributed by atoms with Crippen LogP contribution in [-0.4, -0.2) is 6.04 Å². The summed E-state index contributed by atoms with van der Waals surface area (Å²) in [6, 6.07) is 40.0. The first-order valence-electron chi connectivity index (χ1n) is 15.5. The van der Waals surface area contributed by atoms with Crippen LogP contribution in [0.15, 0.2) is 168 Å². The molecule has 0 bridgehead atoms. The lowest BCUT2D eigenvalue weighted by Gasteiger charge is -2.47. The van der Waals surface area contributed by atoms with Gasteiger partial charge in [-0.25, -0.2) is 0 Å². The van der Waals surface area contributed by atoms with E-state index >= 15 is 0 Å². The van der Waals surface area contributed by atoms with E-state index in [1.807, 2.05) is 0 Å². The van der Waals surface area contributed by atoms with Crippen molar-refractivity contribution in [1.82, 2.24) is 0 Å². The first-order valence-corrected chi connectivity index (χ1v) is 15.5. The van der Waals surface area contributed by atoms with Crippen molar-refractivity contribution in [2.45, 2.75) is 39.2 Å². The van der Waals surface area contributed by atoms with Gasteiger partial charge in [0, 0.05) is 28.7 Å². The molecule has 0 saturated heterocycles. The first-order chi connectivity index (χ1) is 21.2. The Morgan fingerprint density at radius 2 is 1.26 bits per heavy atom. The Morgan fingerprint density at radius 3 is 1.98 bits per heavy atom. The second-order valence-corrected chi connectivity index (χ2v) is 11.8. The topological polar surface area (TPSA) is 6.48 Å². The molecule has 0 radical (unpaired) electrons. The fraction of sp³-hybridized carbons (Fsp3) is 0.171. The van der Waals surface area contributed by atoms with Crippen LogP contribution < -0.4 is 9.80 Å². The molecule has 0 saturated carbocycles. The predicted molar refractivity (Wildman–Crippen MR) is 182 cm³/mol. The summed E-state index contributed by atoms with van der Waals surface area (Å²) in [4.78, 5) is 5.13. The van der Waals surface area contributed by atoms with E-state index in [9.17, 15) is 0 Å². The van der Waals surface area contributed by atoms with Gasteiger partial charge in [-0.3, -0.25) is 0 Å². The molecule has 2 nitrogen and oxygen atoms in total.